The fourth-order valence-electron chi connectivity index (χ4n) is 1.19. The van der Waals surface area contributed by atoms with Crippen molar-refractivity contribution < 1.29 is 0 Å². The van der Waals surface area contributed by atoms with Crippen molar-refractivity contribution in [3.63, 3.8) is 0 Å². The van der Waals surface area contributed by atoms with E-state index in [9.17, 15) is 4.79 Å². The third kappa shape index (κ3) is 1.88. The average molecular weight is 207 g/mol. The quantitative estimate of drug-likeness (QED) is 0.739. The number of aromatic nitrogens is 3. The van der Waals surface area contributed by atoms with Crippen LogP contribution in [0.4, 0.5) is 0 Å². The molecule has 0 aromatic carbocycles. The summed E-state index contributed by atoms with van der Waals surface area (Å²) in [7, 11) is 0. The van der Waals surface area contributed by atoms with Gasteiger partial charge in [-0.15, -0.1) is 5.10 Å². The zero-order valence-electron chi connectivity index (χ0n) is 7.67. The molecule has 0 unspecified atom stereocenters. The van der Waals surface area contributed by atoms with E-state index in [1.165, 1.54) is 11.5 Å². The van der Waals surface area contributed by atoms with E-state index in [1.54, 1.807) is 18.5 Å². The number of pyridine rings is 1. The summed E-state index contributed by atoms with van der Waals surface area (Å²) >= 11 is 1.37. The van der Waals surface area contributed by atoms with E-state index in [0.717, 1.165) is 17.0 Å². The van der Waals surface area contributed by atoms with Crippen LogP contribution in [0.2, 0.25) is 0 Å². The highest BCUT2D eigenvalue weighted by atomic mass is 32.1. The summed E-state index contributed by atoms with van der Waals surface area (Å²) in [5, 5.41) is 3.75. The van der Waals surface area contributed by atoms with Gasteiger partial charge in [0.25, 0.3) is 0 Å². The summed E-state index contributed by atoms with van der Waals surface area (Å²) in [6.45, 7) is 2.53. The lowest BCUT2D eigenvalue weighted by Gasteiger charge is -2.03. The van der Waals surface area contributed by atoms with Crippen LogP contribution in [0.5, 0.6) is 0 Å². The van der Waals surface area contributed by atoms with Crippen molar-refractivity contribution >= 4 is 11.5 Å². The van der Waals surface area contributed by atoms with Gasteiger partial charge in [-0.3, -0.25) is 4.79 Å². The second kappa shape index (κ2) is 3.71. The minimum absolute atomic E-state index is 0.0729. The van der Waals surface area contributed by atoms with Gasteiger partial charge < -0.3 is 4.57 Å². The van der Waals surface area contributed by atoms with Crippen LogP contribution < -0.4 is 5.43 Å². The molecular weight excluding hydrogens is 198 g/mol. The molecule has 0 spiro atoms. The van der Waals surface area contributed by atoms with Crippen molar-refractivity contribution in [3.8, 4) is 0 Å². The van der Waals surface area contributed by atoms with Gasteiger partial charge in [0.05, 0.1) is 17.6 Å². The summed E-state index contributed by atoms with van der Waals surface area (Å²) in [6, 6.07) is 1.57. The second-order valence-electron chi connectivity index (χ2n) is 3.05. The molecule has 0 bridgehead atoms. The van der Waals surface area contributed by atoms with Gasteiger partial charge in [0, 0.05) is 24.0 Å². The van der Waals surface area contributed by atoms with Crippen LogP contribution in [-0.4, -0.2) is 14.2 Å². The number of hydrogen-bond acceptors (Lipinski definition) is 4. The van der Waals surface area contributed by atoms with Crippen LogP contribution in [0.25, 0.3) is 0 Å². The molecule has 0 atom stereocenters. The van der Waals surface area contributed by atoms with Crippen LogP contribution >= 0.6 is 11.5 Å². The van der Waals surface area contributed by atoms with Gasteiger partial charge in [0.15, 0.2) is 5.43 Å². The van der Waals surface area contributed by atoms with Gasteiger partial charge in [-0.25, -0.2) is 0 Å². The average Bonchev–Trinajstić information content (AvgIpc) is 2.64. The Labute approximate surface area is 85.0 Å². The van der Waals surface area contributed by atoms with E-state index < -0.39 is 0 Å². The van der Waals surface area contributed by atoms with Gasteiger partial charge in [-0.1, -0.05) is 4.49 Å². The van der Waals surface area contributed by atoms with Crippen molar-refractivity contribution in [1.29, 1.82) is 0 Å². The second-order valence-corrected chi connectivity index (χ2v) is 3.92. The summed E-state index contributed by atoms with van der Waals surface area (Å²) in [6.07, 6.45) is 5.34. The molecule has 2 aromatic heterocycles. The Morgan fingerprint density at radius 3 is 3.07 bits per heavy atom. The topological polar surface area (TPSA) is 47.8 Å². The van der Waals surface area contributed by atoms with Gasteiger partial charge >= 0.3 is 0 Å². The Morgan fingerprint density at radius 2 is 2.43 bits per heavy atom. The van der Waals surface area contributed by atoms with Crippen LogP contribution in [0, 0.1) is 6.92 Å². The van der Waals surface area contributed by atoms with Crippen molar-refractivity contribution in [2.24, 2.45) is 0 Å². The van der Waals surface area contributed by atoms with E-state index >= 15 is 0 Å². The molecule has 0 fully saturated rings. The maximum Gasteiger partial charge on any atom is 0.184 e. The lowest BCUT2D eigenvalue weighted by Crippen LogP contribution is -2.08. The minimum atomic E-state index is 0.0729. The van der Waals surface area contributed by atoms with E-state index in [0.29, 0.717) is 0 Å². The van der Waals surface area contributed by atoms with Gasteiger partial charge in [0.2, 0.25) is 0 Å². The zero-order valence-corrected chi connectivity index (χ0v) is 8.49. The largest absolute Gasteiger partial charge is 0.348 e. The molecule has 0 radical (unpaired) electrons. The van der Waals surface area contributed by atoms with E-state index in [1.807, 2.05) is 17.7 Å². The molecule has 5 heteroatoms. The highest BCUT2D eigenvalue weighted by Crippen LogP contribution is 2.04. The lowest BCUT2D eigenvalue weighted by molar-refractivity contribution is 0.792. The smallest absolute Gasteiger partial charge is 0.184 e. The third-order valence-corrected chi connectivity index (χ3v) is 2.56. The molecule has 0 aliphatic carbocycles. The Balaban J connectivity index is 2.26. The zero-order chi connectivity index (χ0) is 9.97. The van der Waals surface area contributed by atoms with Crippen molar-refractivity contribution in [2.45, 2.75) is 13.5 Å². The normalized spacial score (nSPS) is 10.4. The molecule has 0 N–H and O–H groups in total. The predicted octanol–water partition coefficient (Wildman–Crippen LogP) is 1.06. The number of rotatable bonds is 2. The monoisotopic (exact) mass is 207 g/mol. The minimum Gasteiger partial charge on any atom is -0.348 e. The fourth-order valence-corrected chi connectivity index (χ4v) is 1.69. The van der Waals surface area contributed by atoms with E-state index in [4.69, 9.17) is 0 Å². The van der Waals surface area contributed by atoms with E-state index in [-0.39, 0.29) is 5.43 Å². The Morgan fingerprint density at radius 1 is 1.57 bits per heavy atom. The maximum atomic E-state index is 11.1. The van der Waals surface area contributed by atoms with Crippen molar-refractivity contribution in [1.82, 2.24) is 14.2 Å². The highest BCUT2D eigenvalue weighted by Gasteiger charge is 1.98. The van der Waals surface area contributed by atoms with E-state index in [2.05, 4.69) is 9.59 Å². The molecule has 0 aliphatic rings. The first kappa shape index (κ1) is 9.08. The number of aryl methyl sites for hydroxylation is 1. The fraction of sp³-hybridized carbons (Fsp3) is 0.222. The predicted molar refractivity (Wildman–Crippen MR) is 54.5 cm³/mol. The summed E-state index contributed by atoms with van der Waals surface area (Å²) in [5.74, 6) is 0. The molecule has 14 heavy (non-hydrogen) atoms. The van der Waals surface area contributed by atoms with Crippen LogP contribution in [0.1, 0.15) is 10.4 Å². The third-order valence-electron chi connectivity index (χ3n) is 1.91. The van der Waals surface area contributed by atoms with Crippen LogP contribution in [0.3, 0.4) is 0 Å². The molecule has 2 heterocycles. The molecule has 0 aliphatic heterocycles. The summed E-state index contributed by atoms with van der Waals surface area (Å²) < 4.78 is 5.73. The molecule has 4 nitrogen and oxygen atoms in total. The first-order valence-electron chi connectivity index (χ1n) is 4.18. The van der Waals surface area contributed by atoms with Gasteiger partial charge in [-0.05, 0) is 18.5 Å². The molecule has 2 rings (SSSR count). The summed E-state index contributed by atoms with van der Waals surface area (Å²) in [4.78, 5) is 12.2. The molecular formula is C9H9N3OS. The SMILES string of the molecule is Cc1cn(Cc2cnns2)ccc1=O. The molecule has 2 aromatic rings. The van der Waals surface area contributed by atoms with Crippen molar-refractivity contribution in [3.05, 3.63) is 45.3 Å². The van der Waals surface area contributed by atoms with Crippen LogP contribution in [-0.2, 0) is 6.54 Å². The Bertz CT molecular complexity index is 475. The van der Waals surface area contributed by atoms with Crippen molar-refractivity contribution in [2.75, 3.05) is 0 Å². The first-order valence-corrected chi connectivity index (χ1v) is 4.96. The number of nitrogens with zero attached hydrogens (tertiary/aromatic N) is 3. The number of hydrogen-bond donors (Lipinski definition) is 0. The Kier molecular flexibility index (Phi) is 2.41. The highest BCUT2D eigenvalue weighted by molar-refractivity contribution is 7.05. The molecule has 0 saturated carbocycles. The molecule has 72 valence electrons. The standard InChI is InChI=1S/C9H9N3OS/c1-7-5-12(3-2-9(7)13)6-8-4-10-11-14-8/h2-5H,6H2,1H3. The van der Waals surface area contributed by atoms with Crippen LogP contribution in [0.15, 0.2) is 29.5 Å². The first-order chi connectivity index (χ1) is 6.75. The summed E-state index contributed by atoms with van der Waals surface area (Å²) in [5.41, 5.74) is 0.827. The van der Waals surface area contributed by atoms with Gasteiger partial charge in [-0.2, -0.15) is 0 Å². The lowest BCUT2D eigenvalue weighted by atomic mass is 10.3. The maximum absolute atomic E-state index is 11.1. The Hall–Kier alpha value is -1.49. The molecule has 0 amide bonds. The van der Waals surface area contributed by atoms with Gasteiger partial charge in [0.1, 0.15) is 0 Å². The molecule has 0 saturated heterocycles.